The highest BCUT2D eigenvalue weighted by Gasteiger charge is 2.31. The minimum atomic E-state index is -4.09. The maximum atomic E-state index is 14.6. The molecule has 46 heavy (non-hydrogen) atoms. The van der Waals surface area contributed by atoms with E-state index in [-0.39, 0.29) is 29.7 Å². The number of rotatable bonds is 10. The summed E-state index contributed by atoms with van der Waals surface area (Å²) in [5.74, 6) is -0.572. The minimum Gasteiger partial charge on any atom is -0.460 e. The van der Waals surface area contributed by atoms with Gasteiger partial charge in [0.1, 0.15) is 10.5 Å². The lowest BCUT2D eigenvalue weighted by molar-refractivity contribution is 0.0491. The number of amides is 1. The van der Waals surface area contributed by atoms with E-state index >= 15 is 0 Å². The molecule has 6 rings (SSSR count). The molecule has 0 unspecified atom stereocenters. The van der Waals surface area contributed by atoms with Gasteiger partial charge in [-0.1, -0.05) is 42.5 Å². The summed E-state index contributed by atoms with van der Waals surface area (Å²) >= 11 is 1.32. The third-order valence-electron chi connectivity index (χ3n) is 8.10. The smallest absolute Gasteiger partial charge is 0.374 e. The van der Waals surface area contributed by atoms with E-state index in [0.717, 1.165) is 11.3 Å². The summed E-state index contributed by atoms with van der Waals surface area (Å²) in [6, 6.07) is 21.9. The fourth-order valence-corrected chi connectivity index (χ4v) is 7.79. The Morgan fingerprint density at radius 1 is 1.00 bits per heavy atom. The lowest BCUT2D eigenvalue weighted by Gasteiger charge is -2.38. The highest BCUT2D eigenvalue weighted by Crippen LogP contribution is 2.36. The number of anilines is 2. The second kappa shape index (κ2) is 13.4. The molecule has 3 heterocycles. The Morgan fingerprint density at radius 3 is 2.46 bits per heavy atom. The number of carbonyl (C=O) groups is 2. The largest absolute Gasteiger partial charge is 0.460 e. The van der Waals surface area contributed by atoms with Crippen LogP contribution in [0.25, 0.3) is 11.0 Å². The number of nitrogens with zero attached hydrogens (tertiary/aromatic N) is 4. The van der Waals surface area contributed by atoms with Crippen LogP contribution in [0.3, 0.4) is 0 Å². The number of piperazine rings is 1. The van der Waals surface area contributed by atoms with Crippen molar-refractivity contribution in [1.29, 1.82) is 0 Å². The molecule has 5 aromatic rings. The molecule has 1 aliphatic heterocycles. The Kier molecular flexibility index (Phi) is 9.09. The lowest BCUT2D eigenvalue weighted by atomic mass is 10.1. The van der Waals surface area contributed by atoms with E-state index in [1.165, 1.54) is 21.7 Å². The predicted molar refractivity (Wildman–Crippen MR) is 178 cm³/mol. The van der Waals surface area contributed by atoms with Crippen LogP contribution in [0.4, 0.5) is 11.4 Å². The zero-order chi connectivity index (χ0) is 32.3. The molecular weight excluding hydrogens is 625 g/mol. The Bertz CT molecular complexity index is 1950. The molecule has 238 valence electrons. The highest BCUT2D eigenvalue weighted by molar-refractivity contribution is 7.92. The number of thiazole rings is 1. The Balaban J connectivity index is 1.34. The first-order valence-electron chi connectivity index (χ1n) is 15.1. The predicted octanol–water partition coefficient (Wildman–Crippen LogP) is 5.77. The topological polar surface area (TPSA) is 113 Å². The van der Waals surface area contributed by atoms with Gasteiger partial charge in [-0.05, 0) is 56.2 Å². The molecule has 0 aliphatic carbocycles. The molecule has 0 saturated carbocycles. The van der Waals surface area contributed by atoms with E-state index in [4.69, 9.17) is 9.15 Å². The summed E-state index contributed by atoms with van der Waals surface area (Å²) in [7, 11) is -4.09. The molecule has 1 fully saturated rings. The van der Waals surface area contributed by atoms with Gasteiger partial charge in [-0.25, -0.2) is 13.2 Å². The van der Waals surface area contributed by atoms with E-state index in [9.17, 15) is 18.0 Å². The van der Waals surface area contributed by atoms with Gasteiger partial charge in [-0.2, -0.15) is 0 Å². The standard InChI is InChI=1S/C34H34N4O6S2/c1-3-43-34(40)32-24(2)27-21-26(13-14-30(27)44-32)46(41,42)38(16-15-25-9-5-4-6-10-25)29-12-8-7-11-28(29)36-17-19-37(20-18-36)33(39)31-22-35-23-45-31/h4-14,21-23H,3,15-20H2,1-2H3. The molecule has 1 amide bonds. The second-order valence-corrected chi connectivity index (χ2v) is 13.6. The van der Waals surface area contributed by atoms with Gasteiger partial charge >= 0.3 is 5.97 Å². The summed E-state index contributed by atoms with van der Waals surface area (Å²) in [6.45, 7) is 5.92. The van der Waals surface area contributed by atoms with Gasteiger partial charge < -0.3 is 19.0 Å². The van der Waals surface area contributed by atoms with Gasteiger partial charge in [-0.3, -0.25) is 14.1 Å². The van der Waals surface area contributed by atoms with E-state index in [1.807, 2.05) is 59.5 Å². The number of aryl methyl sites for hydroxylation is 1. The summed E-state index contributed by atoms with van der Waals surface area (Å²) < 4.78 is 41.5. The summed E-state index contributed by atoms with van der Waals surface area (Å²) in [4.78, 5) is 34.1. The molecule has 0 radical (unpaired) electrons. The molecule has 0 N–H and O–H groups in total. The number of hydrogen-bond acceptors (Lipinski definition) is 9. The van der Waals surface area contributed by atoms with Crippen molar-refractivity contribution in [1.82, 2.24) is 9.88 Å². The van der Waals surface area contributed by atoms with Crippen LogP contribution in [0.1, 0.15) is 38.3 Å². The molecule has 0 atom stereocenters. The van der Waals surface area contributed by atoms with Crippen LogP contribution in [-0.2, 0) is 21.2 Å². The number of carbonyl (C=O) groups excluding carboxylic acids is 2. The first-order valence-corrected chi connectivity index (χ1v) is 17.4. The van der Waals surface area contributed by atoms with Gasteiger partial charge in [0, 0.05) is 43.7 Å². The third-order valence-corrected chi connectivity index (χ3v) is 10.7. The molecule has 2 aromatic heterocycles. The number of aromatic nitrogens is 1. The molecule has 1 aliphatic rings. The van der Waals surface area contributed by atoms with E-state index in [1.54, 1.807) is 37.7 Å². The zero-order valence-corrected chi connectivity index (χ0v) is 27.2. The summed E-state index contributed by atoms with van der Waals surface area (Å²) in [5.41, 5.74) is 4.91. The summed E-state index contributed by atoms with van der Waals surface area (Å²) in [6.07, 6.45) is 2.08. The number of ether oxygens (including phenoxy) is 1. The Morgan fingerprint density at radius 2 is 1.74 bits per heavy atom. The first-order chi connectivity index (χ1) is 22.3. The van der Waals surface area contributed by atoms with Crippen LogP contribution in [0, 0.1) is 6.92 Å². The summed E-state index contributed by atoms with van der Waals surface area (Å²) in [5, 5.41) is 0.530. The van der Waals surface area contributed by atoms with Crippen LogP contribution in [0.2, 0.25) is 0 Å². The van der Waals surface area contributed by atoms with Crippen LogP contribution in [0.15, 0.2) is 93.8 Å². The van der Waals surface area contributed by atoms with Crippen molar-refractivity contribution >= 4 is 55.6 Å². The van der Waals surface area contributed by atoms with Gasteiger partial charge in [0.2, 0.25) is 5.76 Å². The van der Waals surface area contributed by atoms with Gasteiger partial charge in [0.25, 0.3) is 15.9 Å². The number of benzene rings is 3. The molecule has 12 heteroatoms. The third kappa shape index (κ3) is 6.22. The first kappa shape index (κ1) is 31.3. The zero-order valence-electron chi connectivity index (χ0n) is 25.6. The minimum absolute atomic E-state index is 0.0430. The molecule has 0 spiro atoms. The van der Waals surface area contributed by atoms with E-state index in [2.05, 4.69) is 9.88 Å². The molecule has 0 bridgehead atoms. The normalized spacial score (nSPS) is 13.6. The fraction of sp³-hybridized carbons (Fsp3) is 0.265. The van der Waals surface area contributed by atoms with Crippen molar-refractivity contribution in [2.24, 2.45) is 0 Å². The van der Waals surface area contributed by atoms with Crippen molar-refractivity contribution in [3.63, 3.8) is 0 Å². The number of esters is 1. The van der Waals surface area contributed by atoms with Crippen molar-refractivity contribution in [2.75, 3.05) is 48.5 Å². The van der Waals surface area contributed by atoms with Crippen molar-refractivity contribution < 1.29 is 27.2 Å². The Hall–Kier alpha value is -4.68. The van der Waals surface area contributed by atoms with Gasteiger partial charge in [-0.15, -0.1) is 11.3 Å². The van der Waals surface area contributed by atoms with Crippen LogP contribution in [-0.4, -0.2) is 69.5 Å². The average Bonchev–Trinajstić information content (AvgIpc) is 3.74. The fourth-order valence-electron chi connectivity index (χ4n) is 5.69. The number of hydrogen-bond donors (Lipinski definition) is 0. The van der Waals surface area contributed by atoms with Crippen molar-refractivity contribution in [3.05, 3.63) is 106 Å². The van der Waals surface area contributed by atoms with Crippen molar-refractivity contribution in [3.8, 4) is 0 Å². The number of furan rings is 1. The van der Waals surface area contributed by atoms with E-state index in [0.29, 0.717) is 59.7 Å². The van der Waals surface area contributed by atoms with Crippen LogP contribution >= 0.6 is 11.3 Å². The highest BCUT2D eigenvalue weighted by atomic mass is 32.2. The van der Waals surface area contributed by atoms with E-state index < -0.39 is 16.0 Å². The Labute approximate surface area is 271 Å². The SMILES string of the molecule is CCOC(=O)c1oc2ccc(S(=O)(=O)N(CCc3ccccc3)c3ccccc3N3CCN(C(=O)c4cncs4)CC3)cc2c1C. The van der Waals surface area contributed by atoms with Gasteiger partial charge in [0.15, 0.2) is 0 Å². The van der Waals surface area contributed by atoms with Crippen molar-refractivity contribution in [2.45, 2.75) is 25.2 Å². The lowest BCUT2D eigenvalue weighted by Crippen LogP contribution is -2.49. The monoisotopic (exact) mass is 658 g/mol. The molecular formula is C34H34N4O6S2. The number of fused-ring (bicyclic) bond motifs is 1. The number of sulfonamides is 1. The maximum Gasteiger partial charge on any atom is 0.374 e. The van der Waals surface area contributed by atoms with Crippen LogP contribution < -0.4 is 9.21 Å². The molecule has 3 aromatic carbocycles. The number of para-hydroxylation sites is 2. The maximum absolute atomic E-state index is 14.6. The molecule has 1 saturated heterocycles. The average molecular weight is 659 g/mol. The second-order valence-electron chi connectivity index (χ2n) is 10.9. The quantitative estimate of drug-likeness (QED) is 0.174. The van der Waals surface area contributed by atoms with Gasteiger partial charge in [0.05, 0.1) is 34.6 Å². The van der Waals surface area contributed by atoms with Crippen LogP contribution in [0.5, 0.6) is 0 Å². The molecule has 10 nitrogen and oxygen atoms in total.